The Morgan fingerprint density at radius 3 is 2.42 bits per heavy atom. The molecule has 0 saturated carbocycles. The number of hydrogen-bond donors (Lipinski definition) is 1. The van der Waals surface area contributed by atoms with Crippen LogP contribution in [0.5, 0.6) is 0 Å². The molecule has 130 valence electrons. The summed E-state index contributed by atoms with van der Waals surface area (Å²) in [6, 6.07) is 8.31. The molecule has 1 unspecified atom stereocenters. The van der Waals surface area contributed by atoms with E-state index >= 15 is 0 Å². The minimum Gasteiger partial charge on any atom is -0.467 e. The first-order valence-corrected chi connectivity index (χ1v) is 7.43. The van der Waals surface area contributed by atoms with Gasteiger partial charge in [-0.15, -0.1) is 0 Å². The van der Waals surface area contributed by atoms with Crippen molar-refractivity contribution in [1.29, 1.82) is 0 Å². The van der Waals surface area contributed by atoms with Crippen LogP contribution in [-0.4, -0.2) is 56.4 Å². The average molecular weight is 336 g/mol. The number of nitrogens with zero attached hydrogens (tertiary/aromatic N) is 1. The van der Waals surface area contributed by atoms with Crippen LogP contribution in [0, 0.1) is 5.92 Å². The zero-order valence-electron chi connectivity index (χ0n) is 13.6. The van der Waals surface area contributed by atoms with E-state index in [1.165, 1.54) is 19.1 Å². The standard InChI is InChI=1S/C16H20N2O6/c1-22-14(19)13(12-8-18(9-12)16(21)23-2)17-15(20)24-10-11-6-4-3-5-7-11/h3-7,12-13H,8-10H2,1-2H3,(H,17,20). The number of carbonyl (C=O) groups excluding carboxylic acids is 3. The number of methoxy groups -OCH3 is 2. The number of hydrogen-bond acceptors (Lipinski definition) is 6. The lowest BCUT2D eigenvalue weighted by Gasteiger charge is -2.41. The third kappa shape index (κ3) is 4.37. The summed E-state index contributed by atoms with van der Waals surface area (Å²) < 4.78 is 14.4. The Kier molecular flexibility index (Phi) is 6.00. The topological polar surface area (TPSA) is 94.2 Å². The molecule has 2 rings (SSSR count). The summed E-state index contributed by atoms with van der Waals surface area (Å²) in [5.41, 5.74) is 0.836. The number of nitrogens with one attached hydrogen (secondary N) is 1. The Balaban J connectivity index is 1.86. The van der Waals surface area contributed by atoms with Crippen LogP contribution in [0.1, 0.15) is 5.56 Å². The smallest absolute Gasteiger partial charge is 0.409 e. The first-order chi connectivity index (χ1) is 11.5. The lowest BCUT2D eigenvalue weighted by atomic mass is 9.92. The van der Waals surface area contributed by atoms with Gasteiger partial charge in [-0.2, -0.15) is 0 Å². The second kappa shape index (κ2) is 8.19. The minimum absolute atomic E-state index is 0.0967. The average Bonchev–Trinajstić information content (AvgIpc) is 2.57. The van der Waals surface area contributed by atoms with Gasteiger partial charge in [-0.3, -0.25) is 0 Å². The van der Waals surface area contributed by atoms with E-state index in [0.717, 1.165) is 5.56 Å². The molecule has 1 saturated heterocycles. The van der Waals surface area contributed by atoms with Gasteiger partial charge in [-0.25, -0.2) is 14.4 Å². The summed E-state index contributed by atoms with van der Waals surface area (Å²) >= 11 is 0. The fourth-order valence-electron chi connectivity index (χ4n) is 2.39. The van der Waals surface area contributed by atoms with Crippen molar-refractivity contribution in [3.63, 3.8) is 0 Å². The van der Waals surface area contributed by atoms with Crippen molar-refractivity contribution in [3.05, 3.63) is 35.9 Å². The Labute approximate surface area is 139 Å². The fraction of sp³-hybridized carbons (Fsp3) is 0.438. The van der Waals surface area contributed by atoms with E-state index in [0.29, 0.717) is 13.1 Å². The molecule has 8 heteroatoms. The molecule has 2 amide bonds. The summed E-state index contributed by atoms with van der Waals surface area (Å²) in [5, 5.41) is 2.50. The van der Waals surface area contributed by atoms with E-state index in [1.54, 1.807) is 0 Å². The zero-order valence-corrected chi connectivity index (χ0v) is 13.6. The number of esters is 1. The summed E-state index contributed by atoms with van der Waals surface area (Å²) in [4.78, 5) is 36.6. The maximum absolute atomic E-state index is 11.9. The number of alkyl carbamates (subject to hydrolysis) is 1. The monoisotopic (exact) mass is 336 g/mol. The van der Waals surface area contributed by atoms with Crippen molar-refractivity contribution < 1.29 is 28.6 Å². The predicted molar refractivity (Wildman–Crippen MR) is 83.0 cm³/mol. The molecule has 1 fully saturated rings. The normalized spacial score (nSPS) is 15.0. The molecular weight excluding hydrogens is 316 g/mol. The van der Waals surface area contributed by atoms with Gasteiger partial charge in [-0.05, 0) is 5.56 Å². The lowest BCUT2D eigenvalue weighted by molar-refractivity contribution is -0.146. The Morgan fingerprint density at radius 1 is 1.17 bits per heavy atom. The molecule has 1 N–H and O–H groups in total. The van der Waals surface area contributed by atoms with Gasteiger partial charge in [0.25, 0.3) is 0 Å². The second-order valence-electron chi connectivity index (χ2n) is 5.34. The number of rotatable bonds is 5. The molecule has 0 aliphatic carbocycles. The highest BCUT2D eigenvalue weighted by atomic mass is 16.6. The van der Waals surface area contributed by atoms with Crippen LogP contribution in [0.2, 0.25) is 0 Å². The van der Waals surface area contributed by atoms with Crippen LogP contribution in [-0.2, 0) is 25.6 Å². The summed E-state index contributed by atoms with van der Waals surface area (Å²) in [6.07, 6.45) is -1.19. The van der Waals surface area contributed by atoms with Crippen LogP contribution in [0.3, 0.4) is 0 Å². The van der Waals surface area contributed by atoms with Crippen LogP contribution in [0.15, 0.2) is 30.3 Å². The second-order valence-corrected chi connectivity index (χ2v) is 5.34. The molecule has 1 heterocycles. The molecule has 0 bridgehead atoms. The van der Waals surface area contributed by atoms with Crippen molar-refractivity contribution in [2.24, 2.45) is 5.92 Å². The highest BCUT2D eigenvalue weighted by molar-refractivity contribution is 5.82. The summed E-state index contributed by atoms with van der Waals surface area (Å²) in [5.74, 6) is -0.831. The van der Waals surface area contributed by atoms with Crippen LogP contribution in [0.4, 0.5) is 9.59 Å². The van der Waals surface area contributed by atoms with Gasteiger partial charge in [0.15, 0.2) is 0 Å². The van der Waals surface area contributed by atoms with Gasteiger partial charge < -0.3 is 24.4 Å². The molecule has 1 aliphatic rings. The number of amides is 2. The largest absolute Gasteiger partial charge is 0.467 e. The maximum atomic E-state index is 11.9. The minimum atomic E-state index is -0.876. The van der Waals surface area contributed by atoms with Gasteiger partial charge in [0, 0.05) is 19.0 Å². The molecule has 1 aromatic carbocycles. The highest BCUT2D eigenvalue weighted by Gasteiger charge is 2.41. The van der Waals surface area contributed by atoms with E-state index in [-0.39, 0.29) is 12.5 Å². The molecule has 1 atom stereocenters. The highest BCUT2D eigenvalue weighted by Crippen LogP contribution is 2.21. The quantitative estimate of drug-likeness (QED) is 0.640. The van der Waals surface area contributed by atoms with E-state index < -0.39 is 24.2 Å². The Hall–Kier alpha value is -2.77. The van der Waals surface area contributed by atoms with Gasteiger partial charge in [0.2, 0.25) is 0 Å². The zero-order chi connectivity index (χ0) is 17.5. The van der Waals surface area contributed by atoms with Gasteiger partial charge >= 0.3 is 18.2 Å². The van der Waals surface area contributed by atoms with Crippen molar-refractivity contribution in [3.8, 4) is 0 Å². The van der Waals surface area contributed by atoms with Gasteiger partial charge in [-0.1, -0.05) is 30.3 Å². The van der Waals surface area contributed by atoms with E-state index in [4.69, 9.17) is 9.47 Å². The van der Waals surface area contributed by atoms with Crippen LogP contribution >= 0.6 is 0 Å². The van der Waals surface area contributed by atoms with Crippen molar-refractivity contribution in [2.75, 3.05) is 27.3 Å². The first-order valence-electron chi connectivity index (χ1n) is 7.43. The lowest BCUT2D eigenvalue weighted by Crippen LogP contribution is -2.60. The number of ether oxygens (including phenoxy) is 3. The molecule has 1 aliphatic heterocycles. The SMILES string of the molecule is COC(=O)C(NC(=O)OCc1ccccc1)C1CN(C(=O)OC)C1. The van der Waals surface area contributed by atoms with Crippen molar-refractivity contribution in [1.82, 2.24) is 10.2 Å². The Bertz CT molecular complexity index is 585. The van der Waals surface area contributed by atoms with Crippen molar-refractivity contribution in [2.45, 2.75) is 12.6 Å². The fourth-order valence-corrected chi connectivity index (χ4v) is 2.39. The van der Waals surface area contributed by atoms with E-state index in [1.807, 2.05) is 30.3 Å². The molecule has 0 aromatic heterocycles. The summed E-state index contributed by atoms with van der Waals surface area (Å²) in [6.45, 7) is 0.691. The third-order valence-electron chi connectivity index (χ3n) is 3.76. The van der Waals surface area contributed by atoms with Gasteiger partial charge in [0.05, 0.1) is 14.2 Å². The van der Waals surface area contributed by atoms with Crippen LogP contribution < -0.4 is 5.32 Å². The molecule has 1 aromatic rings. The molecule has 0 radical (unpaired) electrons. The van der Waals surface area contributed by atoms with Gasteiger partial charge in [0.1, 0.15) is 12.6 Å². The third-order valence-corrected chi connectivity index (χ3v) is 3.76. The molecule has 0 spiro atoms. The Morgan fingerprint density at radius 2 is 1.83 bits per heavy atom. The predicted octanol–water partition coefficient (Wildman–Crippen LogP) is 1.15. The molecule has 8 nitrogen and oxygen atoms in total. The first kappa shape index (κ1) is 17.6. The van der Waals surface area contributed by atoms with Crippen molar-refractivity contribution >= 4 is 18.2 Å². The van der Waals surface area contributed by atoms with E-state index in [9.17, 15) is 14.4 Å². The summed E-state index contributed by atoms with van der Waals surface area (Å²) in [7, 11) is 2.52. The van der Waals surface area contributed by atoms with E-state index in [2.05, 4.69) is 10.1 Å². The maximum Gasteiger partial charge on any atom is 0.409 e. The van der Waals surface area contributed by atoms with Crippen LogP contribution in [0.25, 0.3) is 0 Å². The number of benzene rings is 1. The molecule has 24 heavy (non-hydrogen) atoms. The molecular formula is C16H20N2O6. The number of likely N-dealkylation sites (tertiary alicyclic amines) is 1. The number of carbonyl (C=O) groups is 3.